The van der Waals surface area contributed by atoms with Crippen LogP contribution < -0.4 is 16.4 Å². The fraction of sp³-hybridized carbons (Fsp3) is 0.333. The number of hydrogen-bond donors (Lipinski definition) is 3. The number of aromatic nitrogens is 1. The van der Waals surface area contributed by atoms with Gasteiger partial charge in [0.2, 0.25) is 0 Å². The van der Waals surface area contributed by atoms with E-state index in [0.717, 1.165) is 0 Å². The van der Waals surface area contributed by atoms with Crippen LogP contribution >= 0.6 is 0 Å². The van der Waals surface area contributed by atoms with Crippen LogP contribution in [-0.4, -0.2) is 17.1 Å². The Morgan fingerprint density at radius 3 is 2.71 bits per heavy atom. The first kappa shape index (κ1) is 10.3. The Kier molecular flexibility index (Phi) is 3.28. The molecule has 0 saturated carbocycles. The van der Waals surface area contributed by atoms with E-state index in [-0.39, 0.29) is 12.1 Å². The third-order valence-electron chi connectivity index (χ3n) is 1.46. The van der Waals surface area contributed by atoms with Gasteiger partial charge in [-0.25, -0.2) is 9.78 Å². The summed E-state index contributed by atoms with van der Waals surface area (Å²) in [6, 6.07) is 3.19. The van der Waals surface area contributed by atoms with Gasteiger partial charge in [0.25, 0.3) is 0 Å². The molecule has 1 rings (SSSR count). The van der Waals surface area contributed by atoms with E-state index >= 15 is 0 Å². The molecule has 0 spiro atoms. The second-order valence-electron chi connectivity index (χ2n) is 3.22. The van der Waals surface area contributed by atoms with Crippen molar-refractivity contribution in [3.05, 3.63) is 18.3 Å². The molecule has 14 heavy (non-hydrogen) atoms. The molecule has 0 unspecified atom stereocenters. The zero-order valence-corrected chi connectivity index (χ0v) is 8.24. The molecule has 5 nitrogen and oxygen atoms in total. The first-order valence-corrected chi connectivity index (χ1v) is 4.37. The van der Waals surface area contributed by atoms with Gasteiger partial charge in [-0.3, -0.25) is 0 Å². The van der Waals surface area contributed by atoms with Crippen molar-refractivity contribution in [3.8, 4) is 0 Å². The normalized spacial score (nSPS) is 9.93. The number of nitrogens with one attached hydrogen (secondary N) is 2. The molecule has 1 aromatic rings. The Labute approximate surface area is 82.7 Å². The van der Waals surface area contributed by atoms with E-state index in [1.165, 1.54) is 6.20 Å². The van der Waals surface area contributed by atoms with Gasteiger partial charge in [-0.1, -0.05) is 0 Å². The number of amides is 2. The minimum absolute atomic E-state index is 0.108. The van der Waals surface area contributed by atoms with Crippen molar-refractivity contribution in [3.63, 3.8) is 0 Å². The second kappa shape index (κ2) is 4.45. The SMILES string of the molecule is CC(C)NC(=O)Nc1ccc(N)nc1. The first-order valence-electron chi connectivity index (χ1n) is 4.37. The van der Waals surface area contributed by atoms with Gasteiger partial charge >= 0.3 is 6.03 Å². The number of nitrogens with two attached hydrogens (primary N) is 1. The maximum Gasteiger partial charge on any atom is 0.319 e. The van der Waals surface area contributed by atoms with E-state index < -0.39 is 0 Å². The largest absolute Gasteiger partial charge is 0.384 e. The molecule has 0 aromatic carbocycles. The zero-order valence-electron chi connectivity index (χ0n) is 8.24. The summed E-state index contributed by atoms with van der Waals surface area (Å²) < 4.78 is 0. The molecule has 1 aromatic heterocycles. The zero-order chi connectivity index (χ0) is 10.6. The van der Waals surface area contributed by atoms with Crippen LogP contribution in [-0.2, 0) is 0 Å². The summed E-state index contributed by atoms with van der Waals surface area (Å²) in [6.45, 7) is 3.78. The molecule has 0 bridgehead atoms. The number of pyridine rings is 1. The lowest BCUT2D eigenvalue weighted by atomic mass is 10.4. The van der Waals surface area contributed by atoms with Gasteiger partial charge in [0, 0.05) is 6.04 Å². The lowest BCUT2D eigenvalue weighted by molar-refractivity contribution is 0.250. The van der Waals surface area contributed by atoms with Gasteiger partial charge in [-0.2, -0.15) is 0 Å². The fourth-order valence-electron chi connectivity index (χ4n) is 0.909. The first-order chi connectivity index (χ1) is 6.58. The van der Waals surface area contributed by atoms with Crippen molar-refractivity contribution < 1.29 is 4.79 Å². The molecule has 0 aliphatic heterocycles. The molecule has 4 N–H and O–H groups in total. The van der Waals surface area contributed by atoms with Gasteiger partial charge < -0.3 is 16.4 Å². The standard InChI is InChI=1S/C9H14N4O/c1-6(2)12-9(14)13-7-3-4-8(10)11-5-7/h3-6H,1-2H3,(H2,10,11)(H2,12,13,14). The number of nitrogens with zero attached hydrogens (tertiary/aromatic N) is 1. The Balaban J connectivity index is 2.52. The molecule has 0 aliphatic carbocycles. The van der Waals surface area contributed by atoms with Gasteiger partial charge in [0.15, 0.2) is 0 Å². The topological polar surface area (TPSA) is 80.0 Å². The molecule has 0 fully saturated rings. The second-order valence-corrected chi connectivity index (χ2v) is 3.22. The van der Waals surface area contributed by atoms with Crippen LogP contribution in [0.5, 0.6) is 0 Å². The predicted molar refractivity (Wildman–Crippen MR) is 55.9 cm³/mol. The van der Waals surface area contributed by atoms with Crippen molar-refractivity contribution in [1.29, 1.82) is 0 Å². The van der Waals surface area contributed by atoms with Gasteiger partial charge in [-0.05, 0) is 26.0 Å². The third kappa shape index (κ3) is 3.30. The quantitative estimate of drug-likeness (QED) is 0.661. The van der Waals surface area contributed by atoms with Gasteiger partial charge in [0.05, 0.1) is 11.9 Å². The van der Waals surface area contributed by atoms with Crippen LogP contribution in [0.3, 0.4) is 0 Å². The Hall–Kier alpha value is -1.78. The van der Waals surface area contributed by atoms with Crippen LogP contribution in [0, 0.1) is 0 Å². The summed E-state index contributed by atoms with van der Waals surface area (Å²) >= 11 is 0. The van der Waals surface area contributed by atoms with Crippen LogP contribution in [0.15, 0.2) is 18.3 Å². The maximum absolute atomic E-state index is 11.2. The molecule has 76 valence electrons. The third-order valence-corrected chi connectivity index (χ3v) is 1.46. The molecule has 5 heteroatoms. The van der Waals surface area contributed by atoms with Crippen molar-refractivity contribution in [2.45, 2.75) is 19.9 Å². The van der Waals surface area contributed by atoms with Crippen molar-refractivity contribution in [2.75, 3.05) is 11.1 Å². The van der Waals surface area contributed by atoms with Crippen LogP contribution in [0.4, 0.5) is 16.3 Å². The Bertz CT molecular complexity index is 307. The number of urea groups is 1. The number of carbonyl (C=O) groups is 1. The number of anilines is 2. The minimum atomic E-state index is -0.244. The van der Waals surface area contributed by atoms with Crippen molar-refractivity contribution in [1.82, 2.24) is 10.3 Å². The predicted octanol–water partition coefficient (Wildman–Crippen LogP) is 1.19. The minimum Gasteiger partial charge on any atom is -0.384 e. The van der Waals surface area contributed by atoms with E-state index in [1.54, 1.807) is 12.1 Å². The highest BCUT2D eigenvalue weighted by molar-refractivity contribution is 5.89. The summed E-state index contributed by atoms with van der Waals surface area (Å²) in [7, 11) is 0. The molecular weight excluding hydrogens is 180 g/mol. The average molecular weight is 194 g/mol. The van der Waals surface area contributed by atoms with Crippen molar-refractivity contribution in [2.24, 2.45) is 0 Å². The molecule has 0 atom stereocenters. The maximum atomic E-state index is 11.2. The number of rotatable bonds is 2. The van der Waals surface area contributed by atoms with Crippen molar-refractivity contribution >= 4 is 17.5 Å². The fourth-order valence-corrected chi connectivity index (χ4v) is 0.909. The van der Waals surface area contributed by atoms with Gasteiger partial charge in [-0.15, -0.1) is 0 Å². The Morgan fingerprint density at radius 1 is 1.50 bits per heavy atom. The highest BCUT2D eigenvalue weighted by atomic mass is 16.2. The van der Waals surface area contributed by atoms with Crippen LogP contribution in [0.25, 0.3) is 0 Å². The highest BCUT2D eigenvalue weighted by Gasteiger charge is 2.02. The molecule has 1 heterocycles. The summed E-state index contributed by atoms with van der Waals surface area (Å²) in [4.78, 5) is 15.1. The molecule has 2 amide bonds. The molecular formula is C9H14N4O. The monoisotopic (exact) mass is 194 g/mol. The summed E-state index contributed by atoms with van der Waals surface area (Å²) in [5.41, 5.74) is 6.02. The summed E-state index contributed by atoms with van der Waals surface area (Å²) in [6.07, 6.45) is 1.51. The lowest BCUT2D eigenvalue weighted by Gasteiger charge is -2.09. The number of hydrogen-bond acceptors (Lipinski definition) is 3. The molecule has 0 aliphatic rings. The smallest absolute Gasteiger partial charge is 0.319 e. The van der Waals surface area contributed by atoms with E-state index in [4.69, 9.17) is 5.73 Å². The number of nitrogen functional groups attached to an aromatic ring is 1. The van der Waals surface area contributed by atoms with E-state index in [0.29, 0.717) is 11.5 Å². The number of carbonyl (C=O) groups excluding carboxylic acids is 1. The van der Waals surface area contributed by atoms with E-state index in [1.807, 2.05) is 13.8 Å². The van der Waals surface area contributed by atoms with Crippen LogP contribution in [0.2, 0.25) is 0 Å². The summed E-state index contributed by atoms with van der Waals surface area (Å²) in [5, 5.41) is 5.33. The van der Waals surface area contributed by atoms with Gasteiger partial charge in [0.1, 0.15) is 5.82 Å². The summed E-state index contributed by atoms with van der Waals surface area (Å²) in [5.74, 6) is 0.430. The lowest BCUT2D eigenvalue weighted by Crippen LogP contribution is -2.34. The Morgan fingerprint density at radius 2 is 2.21 bits per heavy atom. The van der Waals surface area contributed by atoms with Crippen LogP contribution in [0.1, 0.15) is 13.8 Å². The average Bonchev–Trinajstić information content (AvgIpc) is 2.07. The molecule has 0 saturated heterocycles. The highest BCUT2D eigenvalue weighted by Crippen LogP contribution is 2.06. The van der Waals surface area contributed by atoms with E-state index in [2.05, 4.69) is 15.6 Å². The van der Waals surface area contributed by atoms with E-state index in [9.17, 15) is 4.79 Å². The molecule has 0 radical (unpaired) electrons.